The zero-order chi connectivity index (χ0) is 13.7. The average molecular weight is 266 g/mol. The molecule has 1 aromatic rings. The summed E-state index contributed by atoms with van der Waals surface area (Å²) in [5.41, 5.74) is 6.63. The van der Waals surface area contributed by atoms with E-state index in [1.54, 1.807) is 18.2 Å². The fourth-order valence-electron chi connectivity index (χ4n) is 1.64. The number of hydrogen-bond acceptors (Lipinski definition) is 3. The summed E-state index contributed by atoms with van der Waals surface area (Å²) >= 11 is 4.83. The van der Waals surface area contributed by atoms with Crippen LogP contribution >= 0.6 is 12.2 Å². The SMILES string of the molecule is CCC(CC(N)=S)NC(=O)c1ccc(C)cc1O. The highest BCUT2D eigenvalue weighted by molar-refractivity contribution is 7.80. The van der Waals surface area contributed by atoms with Crippen LogP contribution in [0.1, 0.15) is 35.7 Å². The molecule has 1 unspecified atom stereocenters. The van der Waals surface area contributed by atoms with Gasteiger partial charge in [-0.05, 0) is 31.0 Å². The van der Waals surface area contributed by atoms with Crippen molar-refractivity contribution >= 4 is 23.1 Å². The molecule has 0 aromatic heterocycles. The van der Waals surface area contributed by atoms with Gasteiger partial charge >= 0.3 is 0 Å². The second-order valence-corrected chi connectivity index (χ2v) is 4.79. The van der Waals surface area contributed by atoms with Gasteiger partial charge in [-0.25, -0.2) is 0 Å². The summed E-state index contributed by atoms with van der Waals surface area (Å²) < 4.78 is 0. The van der Waals surface area contributed by atoms with Gasteiger partial charge in [0.25, 0.3) is 5.91 Å². The van der Waals surface area contributed by atoms with Crippen molar-refractivity contribution < 1.29 is 9.90 Å². The molecule has 0 aliphatic rings. The van der Waals surface area contributed by atoms with Crippen LogP contribution in [0.25, 0.3) is 0 Å². The van der Waals surface area contributed by atoms with Crippen LogP contribution in [0.5, 0.6) is 5.75 Å². The minimum absolute atomic E-state index is 0.0160. The van der Waals surface area contributed by atoms with Crippen molar-refractivity contribution in [2.45, 2.75) is 32.7 Å². The molecule has 0 spiro atoms. The monoisotopic (exact) mass is 266 g/mol. The Kier molecular flexibility index (Phi) is 5.09. The lowest BCUT2D eigenvalue weighted by molar-refractivity contribution is 0.0934. The second kappa shape index (κ2) is 6.35. The first-order chi connectivity index (χ1) is 8.43. The molecule has 4 N–H and O–H groups in total. The van der Waals surface area contributed by atoms with Crippen LogP contribution in [0, 0.1) is 6.92 Å². The van der Waals surface area contributed by atoms with E-state index in [1.807, 2.05) is 13.8 Å². The van der Waals surface area contributed by atoms with E-state index in [9.17, 15) is 9.90 Å². The minimum atomic E-state index is -0.310. The van der Waals surface area contributed by atoms with Gasteiger partial charge in [0.2, 0.25) is 0 Å². The number of nitrogens with two attached hydrogens (primary N) is 1. The fraction of sp³-hybridized carbons (Fsp3) is 0.385. The Bertz CT molecular complexity index is 460. The third kappa shape index (κ3) is 4.00. The number of rotatable bonds is 5. The summed E-state index contributed by atoms with van der Waals surface area (Å²) in [6, 6.07) is 4.84. The highest BCUT2D eigenvalue weighted by Gasteiger charge is 2.15. The van der Waals surface area contributed by atoms with E-state index < -0.39 is 0 Å². The topological polar surface area (TPSA) is 75.3 Å². The average Bonchev–Trinajstić information content (AvgIpc) is 2.27. The first-order valence-corrected chi connectivity index (χ1v) is 6.23. The van der Waals surface area contributed by atoms with Gasteiger partial charge in [-0.2, -0.15) is 0 Å². The third-order valence-corrected chi connectivity index (χ3v) is 2.84. The molecule has 0 aliphatic carbocycles. The van der Waals surface area contributed by atoms with Crippen molar-refractivity contribution in [3.05, 3.63) is 29.3 Å². The highest BCUT2D eigenvalue weighted by Crippen LogP contribution is 2.18. The van der Waals surface area contributed by atoms with Crippen LogP contribution < -0.4 is 11.1 Å². The van der Waals surface area contributed by atoms with Gasteiger partial charge in [0.1, 0.15) is 5.75 Å². The predicted octanol–water partition coefficient (Wildman–Crippen LogP) is 1.89. The summed E-state index contributed by atoms with van der Waals surface area (Å²) in [6.07, 6.45) is 1.19. The Hall–Kier alpha value is -1.62. The van der Waals surface area contributed by atoms with E-state index in [1.165, 1.54) is 0 Å². The summed E-state index contributed by atoms with van der Waals surface area (Å²) in [5.74, 6) is -0.326. The first-order valence-electron chi connectivity index (χ1n) is 5.82. The van der Waals surface area contributed by atoms with E-state index in [0.717, 1.165) is 12.0 Å². The first kappa shape index (κ1) is 14.4. The van der Waals surface area contributed by atoms with E-state index in [-0.39, 0.29) is 23.3 Å². The number of amides is 1. The molecule has 4 nitrogen and oxygen atoms in total. The molecule has 18 heavy (non-hydrogen) atoms. The lowest BCUT2D eigenvalue weighted by Gasteiger charge is -2.16. The van der Waals surface area contributed by atoms with Gasteiger partial charge in [-0.3, -0.25) is 4.79 Å². The fourth-order valence-corrected chi connectivity index (χ4v) is 1.84. The molecule has 0 fully saturated rings. The standard InChI is InChI=1S/C13H18N2O2S/c1-3-9(7-12(14)18)15-13(17)10-5-4-8(2)6-11(10)16/h4-6,9,16H,3,7H2,1-2H3,(H2,14,18)(H,15,17). The zero-order valence-corrected chi connectivity index (χ0v) is 11.4. The number of aromatic hydroxyl groups is 1. The van der Waals surface area contributed by atoms with E-state index in [0.29, 0.717) is 11.4 Å². The summed E-state index contributed by atoms with van der Waals surface area (Å²) in [5, 5.41) is 12.5. The second-order valence-electron chi connectivity index (χ2n) is 4.27. The molecule has 5 heteroatoms. The predicted molar refractivity (Wildman–Crippen MR) is 75.8 cm³/mol. The number of thiocarbonyl (C=S) groups is 1. The summed E-state index contributed by atoms with van der Waals surface area (Å²) in [7, 11) is 0. The van der Waals surface area contributed by atoms with Gasteiger partial charge in [0.05, 0.1) is 10.6 Å². The lowest BCUT2D eigenvalue weighted by atomic mass is 10.1. The maximum absolute atomic E-state index is 12.0. The Morgan fingerprint density at radius 2 is 2.22 bits per heavy atom. The van der Waals surface area contributed by atoms with Crippen molar-refractivity contribution in [1.82, 2.24) is 5.32 Å². The zero-order valence-electron chi connectivity index (χ0n) is 10.6. The normalized spacial score (nSPS) is 11.9. The Morgan fingerprint density at radius 1 is 1.56 bits per heavy atom. The highest BCUT2D eigenvalue weighted by atomic mass is 32.1. The molecule has 98 valence electrons. The summed E-state index contributed by atoms with van der Waals surface area (Å²) in [4.78, 5) is 12.3. The molecule has 0 heterocycles. The maximum Gasteiger partial charge on any atom is 0.255 e. The van der Waals surface area contributed by atoms with Gasteiger partial charge < -0.3 is 16.2 Å². The molecule has 0 saturated carbocycles. The van der Waals surface area contributed by atoms with Gasteiger partial charge in [0.15, 0.2) is 0 Å². The number of phenolic OH excluding ortho intramolecular Hbond substituents is 1. The number of carbonyl (C=O) groups excluding carboxylic acids is 1. The van der Waals surface area contributed by atoms with E-state index in [2.05, 4.69) is 5.32 Å². The van der Waals surface area contributed by atoms with E-state index >= 15 is 0 Å². The number of aryl methyl sites for hydroxylation is 1. The molecule has 0 radical (unpaired) electrons. The van der Waals surface area contributed by atoms with Crippen LogP contribution in [-0.4, -0.2) is 22.0 Å². The minimum Gasteiger partial charge on any atom is -0.507 e. The van der Waals surface area contributed by atoms with Crippen LogP contribution in [0.3, 0.4) is 0 Å². The largest absolute Gasteiger partial charge is 0.507 e. The van der Waals surface area contributed by atoms with Crippen molar-refractivity contribution in [3.8, 4) is 5.75 Å². The van der Waals surface area contributed by atoms with Gasteiger partial charge in [-0.15, -0.1) is 0 Å². The lowest BCUT2D eigenvalue weighted by Crippen LogP contribution is -2.37. The van der Waals surface area contributed by atoms with Crippen molar-refractivity contribution in [1.29, 1.82) is 0 Å². The molecule has 0 bridgehead atoms. The molecule has 1 aromatic carbocycles. The van der Waals surface area contributed by atoms with E-state index in [4.69, 9.17) is 18.0 Å². The summed E-state index contributed by atoms with van der Waals surface area (Å²) in [6.45, 7) is 3.79. The van der Waals surface area contributed by atoms with Crippen LogP contribution in [0.15, 0.2) is 18.2 Å². The van der Waals surface area contributed by atoms with Crippen molar-refractivity contribution in [3.63, 3.8) is 0 Å². The third-order valence-electron chi connectivity index (χ3n) is 2.67. The molecular weight excluding hydrogens is 248 g/mol. The van der Waals surface area contributed by atoms with Gasteiger partial charge in [-0.1, -0.05) is 25.2 Å². The maximum atomic E-state index is 12.0. The quantitative estimate of drug-likeness (QED) is 0.711. The Labute approximate surface area is 112 Å². The number of benzene rings is 1. The molecule has 1 atom stereocenters. The van der Waals surface area contributed by atoms with Gasteiger partial charge in [0, 0.05) is 12.5 Å². The van der Waals surface area contributed by atoms with Crippen molar-refractivity contribution in [2.24, 2.45) is 5.73 Å². The van der Waals surface area contributed by atoms with Crippen LogP contribution in [0.2, 0.25) is 0 Å². The molecule has 0 aliphatic heterocycles. The molecule has 1 amide bonds. The molecule has 1 rings (SSSR count). The molecule has 0 saturated heterocycles. The number of carbonyl (C=O) groups is 1. The van der Waals surface area contributed by atoms with Crippen molar-refractivity contribution in [2.75, 3.05) is 0 Å². The van der Waals surface area contributed by atoms with Crippen LogP contribution in [-0.2, 0) is 0 Å². The number of phenols is 1. The number of nitrogens with one attached hydrogen (secondary N) is 1. The Balaban J connectivity index is 2.77. The smallest absolute Gasteiger partial charge is 0.255 e. The Morgan fingerprint density at radius 3 is 2.72 bits per heavy atom. The number of hydrogen-bond donors (Lipinski definition) is 3. The molecular formula is C13H18N2O2S. The van der Waals surface area contributed by atoms with Crippen LogP contribution in [0.4, 0.5) is 0 Å².